The van der Waals surface area contributed by atoms with E-state index in [1.807, 2.05) is 54.6 Å². The van der Waals surface area contributed by atoms with Crippen LogP contribution in [0.2, 0.25) is 0 Å². The summed E-state index contributed by atoms with van der Waals surface area (Å²) in [6.45, 7) is 0.477. The maximum absolute atomic E-state index is 11.8. The Morgan fingerprint density at radius 1 is 1.17 bits per heavy atom. The van der Waals surface area contributed by atoms with Crippen molar-refractivity contribution >= 4 is 27.9 Å². The Morgan fingerprint density at radius 3 is 2.33 bits per heavy atom. The van der Waals surface area contributed by atoms with E-state index in [1.54, 1.807) is 20.2 Å². The molecule has 2 aromatic rings. The Hall–Kier alpha value is -2.58. The molecular weight excluding hydrogens is 368 g/mol. The van der Waals surface area contributed by atoms with Crippen LogP contribution in [0.3, 0.4) is 0 Å². The molecule has 122 valence electrons. The molecule has 0 unspecified atom stereocenters. The first kappa shape index (κ1) is 17.8. The van der Waals surface area contributed by atoms with E-state index in [9.17, 15) is 4.79 Å². The zero-order valence-electron chi connectivity index (χ0n) is 13.5. The van der Waals surface area contributed by atoms with Crippen LogP contribution >= 0.6 is 15.9 Å². The van der Waals surface area contributed by atoms with Gasteiger partial charge in [0.2, 0.25) is 0 Å². The molecule has 0 N–H and O–H groups in total. The average molecular weight is 385 g/mol. The Bertz CT molecular complexity index is 773. The lowest BCUT2D eigenvalue weighted by atomic mass is 10.1. The van der Waals surface area contributed by atoms with Crippen LogP contribution in [0.25, 0.3) is 6.08 Å². The highest BCUT2D eigenvalue weighted by Crippen LogP contribution is 2.17. The second kappa shape index (κ2) is 8.32. The second-order valence-electron chi connectivity index (χ2n) is 5.35. The number of rotatable bonds is 5. The Kier molecular flexibility index (Phi) is 6.16. The molecule has 0 saturated carbocycles. The second-order valence-corrected chi connectivity index (χ2v) is 6.27. The van der Waals surface area contributed by atoms with E-state index in [-0.39, 0.29) is 11.5 Å². The minimum absolute atomic E-state index is 0.100. The molecule has 0 aliphatic carbocycles. The SMILES string of the molecule is CN(C)C(=O)/C(C#N)=C\c1ccc(OCc2ccc(Br)cc2)cc1. The smallest absolute Gasteiger partial charge is 0.264 e. The molecule has 2 rings (SSSR count). The summed E-state index contributed by atoms with van der Waals surface area (Å²) >= 11 is 3.40. The molecule has 0 bridgehead atoms. The van der Waals surface area contributed by atoms with Gasteiger partial charge in [0.15, 0.2) is 0 Å². The number of ether oxygens (including phenoxy) is 1. The summed E-state index contributed by atoms with van der Waals surface area (Å²) in [7, 11) is 3.24. The molecule has 4 nitrogen and oxygen atoms in total. The highest BCUT2D eigenvalue weighted by molar-refractivity contribution is 9.10. The molecule has 1 amide bonds. The van der Waals surface area contributed by atoms with Gasteiger partial charge >= 0.3 is 0 Å². The lowest BCUT2D eigenvalue weighted by Gasteiger charge is -2.09. The number of hydrogen-bond acceptors (Lipinski definition) is 3. The third-order valence-corrected chi connectivity index (χ3v) is 3.80. The molecule has 5 heteroatoms. The first-order valence-corrected chi connectivity index (χ1v) is 8.09. The van der Waals surface area contributed by atoms with Gasteiger partial charge < -0.3 is 9.64 Å². The summed E-state index contributed by atoms with van der Waals surface area (Å²) in [5.74, 6) is 0.417. The predicted octanol–water partition coefficient (Wildman–Crippen LogP) is 4.02. The molecule has 0 saturated heterocycles. The van der Waals surface area contributed by atoms with Gasteiger partial charge in [0.1, 0.15) is 24.0 Å². The van der Waals surface area contributed by atoms with Gasteiger partial charge in [0.05, 0.1) is 0 Å². The number of hydrogen-bond donors (Lipinski definition) is 0. The Balaban J connectivity index is 2.03. The Labute approximate surface area is 150 Å². The molecule has 0 aromatic heterocycles. The standard InChI is InChI=1S/C19H17BrN2O2/c1-22(2)19(23)16(12-21)11-14-5-9-18(10-6-14)24-13-15-3-7-17(20)8-4-15/h3-11H,13H2,1-2H3/b16-11-. The predicted molar refractivity (Wildman–Crippen MR) is 97.2 cm³/mol. The number of carbonyl (C=O) groups is 1. The maximum Gasteiger partial charge on any atom is 0.264 e. The third-order valence-electron chi connectivity index (χ3n) is 3.27. The fourth-order valence-corrected chi connectivity index (χ4v) is 2.22. The topological polar surface area (TPSA) is 53.3 Å². The van der Waals surface area contributed by atoms with E-state index in [1.165, 1.54) is 4.90 Å². The van der Waals surface area contributed by atoms with Gasteiger partial charge in [-0.1, -0.05) is 40.2 Å². The number of halogens is 1. The van der Waals surface area contributed by atoms with Crippen molar-refractivity contribution in [2.24, 2.45) is 0 Å². The van der Waals surface area contributed by atoms with E-state index < -0.39 is 0 Å². The number of benzene rings is 2. The number of amides is 1. The zero-order valence-corrected chi connectivity index (χ0v) is 15.1. The molecule has 0 heterocycles. The molecular formula is C19H17BrN2O2. The fourth-order valence-electron chi connectivity index (χ4n) is 1.96. The van der Waals surface area contributed by atoms with Crippen LogP contribution in [0.4, 0.5) is 0 Å². The summed E-state index contributed by atoms with van der Waals surface area (Å²) in [4.78, 5) is 13.2. The van der Waals surface area contributed by atoms with Crippen molar-refractivity contribution in [1.82, 2.24) is 4.90 Å². The van der Waals surface area contributed by atoms with Crippen LogP contribution in [-0.2, 0) is 11.4 Å². The molecule has 0 fully saturated rings. The monoisotopic (exact) mass is 384 g/mol. The lowest BCUT2D eigenvalue weighted by Crippen LogP contribution is -2.22. The van der Waals surface area contributed by atoms with Gasteiger partial charge in [-0.25, -0.2) is 0 Å². The first-order valence-electron chi connectivity index (χ1n) is 7.30. The first-order chi connectivity index (χ1) is 11.5. The highest BCUT2D eigenvalue weighted by atomic mass is 79.9. The van der Waals surface area contributed by atoms with E-state index >= 15 is 0 Å². The molecule has 0 radical (unpaired) electrons. The zero-order chi connectivity index (χ0) is 17.5. The fraction of sp³-hybridized carbons (Fsp3) is 0.158. The minimum Gasteiger partial charge on any atom is -0.489 e. The van der Waals surface area contributed by atoms with Crippen molar-refractivity contribution in [1.29, 1.82) is 5.26 Å². The Morgan fingerprint density at radius 2 is 1.79 bits per heavy atom. The number of carbonyl (C=O) groups excluding carboxylic acids is 1. The van der Waals surface area contributed by atoms with Crippen molar-refractivity contribution in [2.75, 3.05) is 14.1 Å². The van der Waals surface area contributed by atoms with E-state index in [0.29, 0.717) is 6.61 Å². The summed E-state index contributed by atoms with van der Waals surface area (Å²) in [6.07, 6.45) is 1.57. The van der Waals surface area contributed by atoms with Gasteiger partial charge in [-0.05, 0) is 41.5 Å². The van der Waals surface area contributed by atoms with Crippen LogP contribution in [0.1, 0.15) is 11.1 Å². The van der Waals surface area contributed by atoms with Crippen LogP contribution < -0.4 is 4.74 Å². The molecule has 24 heavy (non-hydrogen) atoms. The van der Waals surface area contributed by atoms with Gasteiger partial charge in [-0.15, -0.1) is 0 Å². The third kappa shape index (κ3) is 4.97. The molecule has 0 aliphatic rings. The van der Waals surface area contributed by atoms with Crippen molar-refractivity contribution in [2.45, 2.75) is 6.61 Å². The van der Waals surface area contributed by atoms with Crippen molar-refractivity contribution in [3.8, 4) is 11.8 Å². The highest BCUT2D eigenvalue weighted by Gasteiger charge is 2.10. The number of nitriles is 1. The molecule has 0 atom stereocenters. The van der Waals surface area contributed by atoms with Crippen LogP contribution in [0, 0.1) is 11.3 Å². The molecule has 2 aromatic carbocycles. The number of likely N-dealkylation sites (N-methyl/N-ethyl adjacent to an activating group) is 1. The van der Waals surface area contributed by atoms with Gasteiger partial charge in [0.25, 0.3) is 5.91 Å². The van der Waals surface area contributed by atoms with Crippen molar-refractivity contribution < 1.29 is 9.53 Å². The maximum atomic E-state index is 11.8. The number of nitrogens with zero attached hydrogens (tertiary/aromatic N) is 2. The molecule has 0 spiro atoms. The van der Waals surface area contributed by atoms with Crippen molar-refractivity contribution in [3.05, 3.63) is 69.7 Å². The van der Waals surface area contributed by atoms with Crippen molar-refractivity contribution in [3.63, 3.8) is 0 Å². The summed E-state index contributed by atoms with van der Waals surface area (Å²) in [5, 5.41) is 9.10. The van der Waals surface area contributed by atoms with Gasteiger partial charge in [-0.2, -0.15) is 5.26 Å². The van der Waals surface area contributed by atoms with E-state index in [4.69, 9.17) is 10.00 Å². The largest absolute Gasteiger partial charge is 0.489 e. The van der Waals surface area contributed by atoms with Gasteiger partial charge in [-0.3, -0.25) is 4.79 Å². The minimum atomic E-state index is -0.312. The van der Waals surface area contributed by atoms with Crippen LogP contribution in [0.5, 0.6) is 5.75 Å². The van der Waals surface area contributed by atoms with Crippen LogP contribution in [-0.4, -0.2) is 24.9 Å². The lowest BCUT2D eigenvalue weighted by molar-refractivity contribution is -0.124. The van der Waals surface area contributed by atoms with Crippen LogP contribution in [0.15, 0.2) is 58.6 Å². The summed E-state index contributed by atoms with van der Waals surface area (Å²) in [5.41, 5.74) is 1.95. The van der Waals surface area contributed by atoms with E-state index in [0.717, 1.165) is 21.3 Å². The molecule has 0 aliphatic heterocycles. The summed E-state index contributed by atoms with van der Waals surface area (Å²) in [6, 6.07) is 17.1. The van der Waals surface area contributed by atoms with E-state index in [2.05, 4.69) is 15.9 Å². The normalized spacial score (nSPS) is 10.8. The quantitative estimate of drug-likeness (QED) is 0.577. The summed E-state index contributed by atoms with van der Waals surface area (Å²) < 4.78 is 6.76. The average Bonchev–Trinajstić information content (AvgIpc) is 2.59. The van der Waals surface area contributed by atoms with Gasteiger partial charge in [0, 0.05) is 18.6 Å².